The summed E-state index contributed by atoms with van der Waals surface area (Å²) in [6.45, 7) is 2.76. The summed E-state index contributed by atoms with van der Waals surface area (Å²) in [5.41, 5.74) is 10.3. The van der Waals surface area contributed by atoms with Gasteiger partial charge in [-0.3, -0.25) is 15.7 Å². The maximum Gasteiger partial charge on any atom is 0.195 e. The predicted octanol–water partition coefficient (Wildman–Crippen LogP) is 2.79. The van der Waals surface area contributed by atoms with Crippen molar-refractivity contribution in [1.82, 2.24) is 5.32 Å². The fourth-order valence-corrected chi connectivity index (χ4v) is 1.39. The van der Waals surface area contributed by atoms with Gasteiger partial charge in [0.1, 0.15) is 11.5 Å². The molecule has 0 amide bonds. The first-order valence-corrected chi connectivity index (χ1v) is 7.84. The lowest BCUT2D eigenvalue weighted by atomic mass is 10.3. The average molecular weight is 382 g/mol. The van der Waals surface area contributed by atoms with Gasteiger partial charge in [-0.1, -0.05) is 49.7 Å². The number of halogens is 1. The Balaban J connectivity index is 0. The molecule has 144 valence electrons. The lowest BCUT2D eigenvalue weighted by Gasteiger charge is -2.00. The number of nitrogens with one attached hydrogen (secondary N) is 2. The maximum atomic E-state index is 8.63. The first-order valence-electron chi connectivity index (χ1n) is 7.84. The molecule has 0 unspecified atom stereocenters. The Bertz CT molecular complexity index is 572. The summed E-state index contributed by atoms with van der Waals surface area (Å²) < 4.78 is 0. The molecule has 0 aliphatic carbocycles. The lowest BCUT2D eigenvalue weighted by molar-refractivity contribution is 0.475. The molecule has 26 heavy (non-hydrogen) atoms. The first-order chi connectivity index (χ1) is 12.0. The molecule has 0 radical (unpaired) electrons. The van der Waals surface area contributed by atoms with Crippen LogP contribution in [0.4, 0.5) is 0 Å². The molecule has 0 aliphatic rings. The summed E-state index contributed by atoms with van der Waals surface area (Å²) in [5.74, 6) is 0.679. The van der Waals surface area contributed by atoms with Crippen LogP contribution in [-0.2, 0) is 0 Å². The number of phenolic OH excluding ortho intramolecular Hbond substituents is 2. The van der Waals surface area contributed by atoms with E-state index >= 15 is 0 Å². The molecule has 8 heteroatoms. The van der Waals surface area contributed by atoms with E-state index in [-0.39, 0.29) is 24.3 Å². The highest BCUT2D eigenvalue weighted by Crippen LogP contribution is 2.03. The minimum atomic E-state index is -0.178. The van der Waals surface area contributed by atoms with Gasteiger partial charge in [0.2, 0.25) is 0 Å². The van der Waals surface area contributed by atoms with Gasteiger partial charge >= 0.3 is 0 Å². The monoisotopic (exact) mass is 381 g/mol. The third kappa shape index (κ3) is 17.4. The topological polar surface area (TPSA) is 141 Å². The molecule has 2 rings (SSSR count). The molecule has 0 atom stereocenters. The van der Waals surface area contributed by atoms with Crippen molar-refractivity contribution in [3.8, 4) is 11.5 Å². The van der Waals surface area contributed by atoms with Crippen LogP contribution in [0.2, 0.25) is 0 Å². The van der Waals surface area contributed by atoms with Crippen molar-refractivity contribution in [1.29, 1.82) is 5.41 Å². The van der Waals surface area contributed by atoms with Crippen LogP contribution in [-0.4, -0.2) is 28.7 Å². The van der Waals surface area contributed by atoms with Gasteiger partial charge in [-0.2, -0.15) is 0 Å². The van der Waals surface area contributed by atoms with Gasteiger partial charge in [0.25, 0.3) is 0 Å². The molecule has 0 aromatic heterocycles. The largest absolute Gasteiger partial charge is 0.508 e. The number of para-hydroxylation sites is 2. The SMILES string of the molecule is CCCCN=C(N)NC(=N)N.Cl.Oc1ccccc1.Oc1ccccc1. The van der Waals surface area contributed by atoms with Crippen molar-refractivity contribution >= 4 is 24.3 Å². The van der Waals surface area contributed by atoms with Crippen molar-refractivity contribution in [2.24, 2.45) is 16.5 Å². The summed E-state index contributed by atoms with van der Waals surface area (Å²) in [4.78, 5) is 3.92. The minimum absolute atomic E-state index is 0. The van der Waals surface area contributed by atoms with Gasteiger partial charge in [-0.25, -0.2) is 0 Å². The van der Waals surface area contributed by atoms with Gasteiger partial charge < -0.3 is 21.7 Å². The van der Waals surface area contributed by atoms with E-state index in [1.807, 2.05) is 12.1 Å². The highest BCUT2D eigenvalue weighted by Gasteiger charge is 1.90. The zero-order valence-corrected chi connectivity index (χ0v) is 15.6. The molecule has 2 aromatic rings. The second kappa shape index (κ2) is 16.9. The van der Waals surface area contributed by atoms with Gasteiger partial charge in [0, 0.05) is 6.54 Å². The number of nitrogens with two attached hydrogens (primary N) is 2. The molecule has 0 fully saturated rings. The van der Waals surface area contributed by atoms with E-state index in [0.717, 1.165) is 12.8 Å². The number of hydrogen-bond acceptors (Lipinski definition) is 4. The van der Waals surface area contributed by atoms with E-state index in [0.29, 0.717) is 18.0 Å². The zero-order valence-electron chi connectivity index (χ0n) is 14.8. The van der Waals surface area contributed by atoms with Crippen LogP contribution in [0, 0.1) is 5.41 Å². The number of hydrogen-bond donors (Lipinski definition) is 6. The summed E-state index contributed by atoms with van der Waals surface area (Å²) in [5, 5.41) is 26.5. The van der Waals surface area contributed by atoms with E-state index in [4.69, 9.17) is 27.1 Å². The third-order valence-corrected chi connectivity index (χ3v) is 2.57. The fraction of sp³-hybridized carbons (Fsp3) is 0.222. The summed E-state index contributed by atoms with van der Waals surface area (Å²) in [6.07, 6.45) is 2.08. The fourth-order valence-electron chi connectivity index (χ4n) is 1.39. The molecule has 0 bridgehead atoms. The Hall–Kier alpha value is -2.93. The second-order valence-corrected chi connectivity index (χ2v) is 4.83. The highest BCUT2D eigenvalue weighted by atomic mass is 35.5. The number of rotatable bonds is 3. The Morgan fingerprint density at radius 3 is 1.65 bits per heavy atom. The van der Waals surface area contributed by atoms with Crippen molar-refractivity contribution in [2.75, 3.05) is 6.54 Å². The predicted molar refractivity (Wildman–Crippen MR) is 110 cm³/mol. The van der Waals surface area contributed by atoms with Gasteiger partial charge in [0.05, 0.1) is 0 Å². The van der Waals surface area contributed by atoms with E-state index in [1.165, 1.54) is 0 Å². The second-order valence-electron chi connectivity index (χ2n) is 4.83. The molecule has 7 nitrogen and oxygen atoms in total. The van der Waals surface area contributed by atoms with Crippen LogP contribution in [0.5, 0.6) is 11.5 Å². The number of phenols is 2. The van der Waals surface area contributed by atoms with Crippen molar-refractivity contribution in [3.05, 3.63) is 60.7 Å². The molecular weight excluding hydrogens is 354 g/mol. The van der Waals surface area contributed by atoms with Crippen LogP contribution in [0.25, 0.3) is 0 Å². The van der Waals surface area contributed by atoms with Crippen LogP contribution in [0.3, 0.4) is 0 Å². The number of nitrogens with zero attached hydrogens (tertiary/aromatic N) is 1. The van der Waals surface area contributed by atoms with Gasteiger partial charge in [0.15, 0.2) is 11.9 Å². The highest BCUT2D eigenvalue weighted by molar-refractivity contribution is 5.95. The van der Waals surface area contributed by atoms with Crippen molar-refractivity contribution in [2.45, 2.75) is 19.8 Å². The number of benzene rings is 2. The van der Waals surface area contributed by atoms with Crippen molar-refractivity contribution in [3.63, 3.8) is 0 Å². The molecule has 0 heterocycles. The Labute approximate surface area is 160 Å². The van der Waals surface area contributed by atoms with Crippen LogP contribution < -0.4 is 16.8 Å². The lowest BCUT2D eigenvalue weighted by Crippen LogP contribution is -2.40. The Morgan fingerprint density at radius 2 is 1.38 bits per heavy atom. The molecule has 0 aliphatic heterocycles. The quantitative estimate of drug-likeness (QED) is 0.275. The number of aliphatic imine (C=N–C) groups is 1. The van der Waals surface area contributed by atoms with Crippen LogP contribution in [0.15, 0.2) is 65.7 Å². The van der Waals surface area contributed by atoms with Crippen LogP contribution in [0.1, 0.15) is 19.8 Å². The Morgan fingerprint density at radius 1 is 0.962 bits per heavy atom. The molecule has 0 spiro atoms. The summed E-state index contributed by atoms with van der Waals surface area (Å²) in [7, 11) is 0. The number of guanidine groups is 2. The average Bonchev–Trinajstić information content (AvgIpc) is 2.57. The van der Waals surface area contributed by atoms with Gasteiger partial charge in [-0.05, 0) is 30.7 Å². The normalized spacial score (nSPS) is 9.35. The molecule has 0 saturated carbocycles. The van der Waals surface area contributed by atoms with E-state index in [1.54, 1.807) is 48.5 Å². The van der Waals surface area contributed by atoms with E-state index in [2.05, 4.69) is 17.2 Å². The summed E-state index contributed by atoms with van der Waals surface area (Å²) in [6, 6.07) is 17.4. The van der Waals surface area contributed by atoms with Crippen molar-refractivity contribution < 1.29 is 10.2 Å². The molecular formula is C18H28ClN5O2. The van der Waals surface area contributed by atoms with E-state index in [9.17, 15) is 0 Å². The van der Waals surface area contributed by atoms with E-state index < -0.39 is 0 Å². The first kappa shape index (κ1) is 25.3. The molecule has 2 aromatic carbocycles. The number of aromatic hydroxyl groups is 2. The maximum absolute atomic E-state index is 8.63. The minimum Gasteiger partial charge on any atom is -0.508 e. The smallest absolute Gasteiger partial charge is 0.195 e. The van der Waals surface area contributed by atoms with Gasteiger partial charge in [-0.15, -0.1) is 12.4 Å². The summed E-state index contributed by atoms with van der Waals surface area (Å²) >= 11 is 0. The zero-order chi connectivity index (χ0) is 18.9. The molecule has 0 saturated heterocycles. The Kier molecular flexibility index (Phi) is 16.5. The van der Waals surface area contributed by atoms with Crippen LogP contribution >= 0.6 is 12.4 Å². The molecule has 8 N–H and O–H groups in total. The standard InChI is InChI=1S/C6H15N5.2C6H6O.ClH/c1-2-3-4-10-6(9)11-5(7)8;2*7-6-4-2-1-3-5-6;/h2-4H2,1H3,(H6,7,8,9,10,11);2*1-5,7H;1H. The third-order valence-electron chi connectivity index (χ3n) is 2.57. The number of unbranched alkanes of at least 4 members (excludes halogenated alkanes) is 1.